The molecule has 58 heavy (non-hydrogen) atoms. The number of hydrogen-bond acceptors (Lipinski definition) is 6. The molecule has 0 radical (unpaired) electrons. The summed E-state index contributed by atoms with van der Waals surface area (Å²) >= 11 is 0. The van der Waals surface area contributed by atoms with E-state index in [1.807, 2.05) is 24.3 Å². The zero-order valence-corrected chi connectivity index (χ0v) is 35.8. The molecule has 10 heteroatoms. The highest BCUT2D eigenvalue weighted by Crippen LogP contribution is 2.51. The summed E-state index contributed by atoms with van der Waals surface area (Å²) in [6, 6.07) is 11.8. The lowest BCUT2D eigenvalue weighted by molar-refractivity contribution is -0.148. The highest BCUT2D eigenvalue weighted by Gasteiger charge is 2.49. The smallest absolute Gasteiger partial charge is 0.309 e. The number of aryl methyl sites for hydroxylation is 4. The van der Waals surface area contributed by atoms with Crippen molar-refractivity contribution in [2.45, 2.75) is 182 Å². The topological polar surface area (TPSA) is 190 Å². The lowest BCUT2D eigenvalue weighted by atomic mass is 9.87. The molecule has 2 saturated carbocycles. The highest BCUT2D eigenvalue weighted by molar-refractivity contribution is 5.78. The fourth-order valence-corrected chi connectivity index (χ4v) is 7.67. The minimum Gasteiger partial charge on any atom is -0.508 e. The van der Waals surface area contributed by atoms with E-state index in [1.165, 1.54) is 0 Å². The number of carboxylic acid groups (broad SMARTS) is 4. The van der Waals surface area contributed by atoms with E-state index in [4.69, 9.17) is 10.2 Å². The van der Waals surface area contributed by atoms with Crippen molar-refractivity contribution in [1.29, 1.82) is 0 Å². The first-order valence-electron chi connectivity index (χ1n) is 21.9. The number of phenolic OH excluding ortho intramolecular Hbond substituents is 2. The second-order valence-electron chi connectivity index (χ2n) is 18.7. The first kappa shape index (κ1) is 48.3. The Bertz CT molecular complexity index is 1550. The molecule has 4 rings (SSSR count). The molecule has 0 saturated heterocycles. The largest absolute Gasteiger partial charge is 0.508 e. The van der Waals surface area contributed by atoms with Crippen LogP contribution < -0.4 is 0 Å². The summed E-state index contributed by atoms with van der Waals surface area (Å²) < 4.78 is 0. The molecule has 2 aliphatic carbocycles. The summed E-state index contributed by atoms with van der Waals surface area (Å²) in [6.45, 7) is 7.05. The third kappa shape index (κ3) is 15.9. The Hall–Kier alpha value is -4.08. The zero-order valence-electron chi connectivity index (χ0n) is 35.8. The summed E-state index contributed by atoms with van der Waals surface area (Å²) in [7, 11) is 0. The molecule has 2 aromatic carbocycles. The number of benzene rings is 2. The first-order valence-corrected chi connectivity index (χ1v) is 21.9. The predicted octanol–water partition coefficient (Wildman–Crippen LogP) is 11.1. The van der Waals surface area contributed by atoms with Gasteiger partial charge in [0.25, 0.3) is 0 Å². The Labute approximate surface area is 346 Å². The van der Waals surface area contributed by atoms with Crippen LogP contribution in [0.15, 0.2) is 36.4 Å². The van der Waals surface area contributed by atoms with Gasteiger partial charge in [-0.25, -0.2) is 0 Å². The van der Waals surface area contributed by atoms with Gasteiger partial charge in [-0.1, -0.05) is 75.6 Å². The lowest BCUT2D eigenvalue weighted by Crippen LogP contribution is -2.23. The van der Waals surface area contributed by atoms with Crippen LogP contribution in [-0.2, 0) is 44.9 Å². The molecule has 10 nitrogen and oxygen atoms in total. The molecule has 6 N–H and O–H groups in total. The van der Waals surface area contributed by atoms with Crippen molar-refractivity contribution in [1.82, 2.24) is 0 Å². The first-order chi connectivity index (χ1) is 27.3. The molecule has 0 heterocycles. The lowest BCUT2D eigenvalue weighted by Gasteiger charge is -2.18. The van der Waals surface area contributed by atoms with Crippen LogP contribution >= 0.6 is 0 Å². The van der Waals surface area contributed by atoms with Crippen molar-refractivity contribution in [3.05, 3.63) is 58.7 Å². The Morgan fingerprint density at radius 3 is 1.10 bits per heavy atom. The Morgan fingerprint density at radius 1 is 0.483 bits per heavy atom. The maximum Gasteiger partial charge on any atom is 0.309 e. The normalized spacial score (nSPS) is 15.2. The molecule has 0 unspecified atom stereocenters. The molecule has 0 bridgehead atoms. The van der Waals surface area contributed by atoms with Gasteiger partial charge in [-0.15, -0.1) is 0 Å². The number of unbranched alkanes of at least 4 members (excludes halogenated alkanes) is 8. The van der Waals surface area contributed by atoms with Gasteiger partial charge >= 0.3 is 23.9 Å². The van der Waals surface area contributed by atoms with E-state index in [1.54, 1.807) is 27.7 Å². The number of phenols is 2. The van der Waals surface area contributed by atoms with Crippen molar-refractivity contribution in [2.75, 3.05) is 0 Å². The number of carbonyl (C=O) groups is 4. The summed E-state index contributed by atoms with van der Waals surface area (Å²) in [5.41, 5.74) is 1.97. The molecule has 2 fully saturated rings. The molecule has 0 atom stereocenters. The van der Waals surface area contributed by atoms with Gasteiger partial charge in [0.15, 0.2) is 0 Å². The Balaban J connectivity index is 0.000000310. The standard InChI is InChI=1S/2C24H36O5/c1-23(2,21(26)27)13-7-4-6-10-19-12-11-18(17-20(19)25)9-5-3-8-14-24(15-16-24)22(28)29;1-23(2,21(26)27)13-7-3-5-9-18-11-12-19(20(25)17-18)10-6-4-8-14-24(15-16-24)22(28)29/h2*11-12,17,25H,3-10,13-16H2,1-2H3,(H,26,27)(H,28,29). The van der Waals surface area contributed by atoms with Gasteiger partial charge in [0.2, 0.25) is 0 Å². The van der Waals surface area contributed by atoms with Gasteiger partial charge in [0.05, 0.1) is 21.7 Å². The van der Waals surface area contributed by atoms with Crippen molar-refractivity contribution < 1.29 is 49.8 Å². The van der Waals surface area contributed by atoms with Crippen molar-refractivity contribution in [3.8, 4) is 11.5 Å². The molecular weight excluding hydrogens is 737 g/mol. The summed E-state index contributed by atoms with van der Waals surface area (Å²) in [6.07, 6.45) is 21.1. The summed E-state index contributed by atoms with van der Waals surface area (Å²) in [5, 5.41) is 57.2. The van der Waals surface area contributed by atoms with Gasteiger partial charge < -0.3 is 30.6 Å². The van der Waals surface area contributed by atoms with Crippen LogP contribution in [-0.4, -0.2) is 54.5 Å². The quantitative estimate of drug-likeness (QED) is 0.0451. The van der Waals surface area contributed by atoms with Gasteiger partial charge in [-0.05, 0) is 165 Å². The maximum atomic E-state index is 11.2. The zero-order chi connectivity index (χ0) is 43.0. The minimum absolute atomic E-state index is 0.344. The van der Waals surface area contributed by atoms with E-state index in [2.05, 4.69) is 12.1 Å². The molecule has 0 amide bonds. The highest BCUT2D eigenvalue weighted by atomic mass is 16.4. The second-order valence-corrected chi connectivity index (χ2v) is 18.7. The van der Waals surface area contributed by atoms with Gasteiger partial charge in [-0.2, -0.15) is 0 Å². The second kappa shape index (κ2) is 22.3. The van der Waals surface area contributed by atoms with Crippen molar-refractivity contribution in [3.63, 3.8) is 0 Å². The molecule has 0 aliphatic heterocycles. The summed E-state index contributed by atoms with van der Waals surface area (Å²) in [5.74, 6) is -2.08. The maximum absolute atomic E-state index is 11.2. The molecular formula is C48H72O10. The van der Waals surface area contributed by atoms with E-state index < -0.39 is 45.5 Å². The SMILES string of the molecule is CC(C)(CCCCCc1ccc(CCCCCC2(C(=O)O)CC2)c(O)c1)C(=O)O.CC(C)(CCCCCc1ccc(CCCCCC2(C(=O)O)CC2)cc1O)C(=O)O. The minimum atomic E-state index is -0.750. The number of carboxylic acids is 4. The Kier molecular flexibility index (Phi) is 18.6. The van der Waals surface area contributed by atoms with Crippen molar-refractivity contribution in [2.24, 2.45) is 21.7 Å². The van der Waals surface area contributed by atoms with E-state index in [9.17, 15) is 39.6 Å². The average Bonchev–Trinajstić information content (AvgIpc) is 4.09. The van der Waals surface area contributed by atoms with E-state index in [0.717, 1.165) is 164 Å². The van der Waals surface area contributed by atoms with Crippen LogP contribution in [0.25, 0.3) is 0 Å². The van der Waals surface area contributed by atoms with Crippen LogP contribution in [0.3, 0.4) is 0 Å². The molecule has 2 aromatic rings. The average molecular weight is 809 g/mol. The van der Waals surface area contributed by atoms with E-state index in [0.29, 0.717) is 24.3 Å². The van der Waals surface area contributed by atoms with Gasteiger partial charge in [0, 0.05) is 0 Å². The third-order valence-electron chi connectivity index (χ3n) is 12.8. The number of aromatic hydroxyl groups is 2. The van der Waals surface area contributed by atoms with Crippen LogP contribution in [0.4, 0.5) is 0 Å². The summed E-state index contributed by atoms with van der Waals surface area (Å²) in [4.78, 5) is 44.6. The fraction of sp³-hybridized carbons (Fsp3) is 0.667. The predicted molar refractivity (Wildman–Crippen MR) is 226 cm³/mol. The number of rotatable bonds is 28. The van der Waals surface area contributed by atoms with Crippen LogP contribution in [0, 0.1) is 21.7 Å². The Morgan fingerprint density at radius 2 is 0.810 bits per heavy atom. The molecule has 0 aromatic heterocycles. The van der Waals surface area contributed by atoms with Crippen LogP contribution in [0.1, 0.15) is 178 Å². The van der Waals surface area contributed by atoms with Crippen LogP contribution in [0.5, 0.6) is 11.5 Å². The molecule has 0 spiro atoms. The van der Waals surface area contributed by atoms with Gasteiger partial charge in [-0.3, -0.25) is 19.2 Å². The fourth-order valence-electron chi connectivity index (χ4n) is 7.67. The van der Waals surface area contributed by atoms with Crippen LogP contribution in [0.2, 0.25) is 0 Å². The molecule has 324 valence electrons. The van der Waals surface area contributed by atoms with E-state index in [-0.39, 0.29) is 0 Å². The number of aliphatic carboxylic acids is 4. The van der Waals surface area contributed by atoms with E-state index >= 15 is 0 Å². The monoisotopic (exact) mass is 809 g/mol. The van der Waals surface area contributed by atoms with Gasteiger partial charge in [0.1, 0.15) is 11.5 Å². The van der Waals surface area contributed by atoms with Crippen molar-refractivity contribution >= 4 is 23.9 Å². The molecule has 2 aliphatic rings. The number of hydrogen-bond donors (Lipinski definition) is 6. The third-order valence-corrected chi connectivity index (χ3v) is 12.8.